The maximum atomic E-state index is 13.0. The molecule has 0 saturated heterocycles. The second-order valence-corrected chi connectivity index (χ2v) is 9.81. The van der Waals surface area contributed by atoms with Crippen molar-refractivity contribution in [1.82, 2.24) is 20.4 Å². The van der Waals surface area contributed by atoms with Gasteiger partial charge in [0.25, 0.3) is 5.91 Å². The van der Waals surface area contributed by atoms with Crippen LogP contribution in [0.2, 0.25) is 0 Å². The van der Waals surface area contributed by atoms with Gasteiger partial charge in [-0.15, -0.1) is 0 Å². The van der Waals surface area contributed by atoms with E-state index in [1.807, 2.05) is 36.4 Å². The number of hydrogen-bond donors (Lipinski definition) is 3. The molecule has 3 N–H and O–H groups in total. The van der Waals surface area contributed by atoms with Crippen LogP contribution in [-0.4, -0.2) is 28.3 Å². The topological polar surface area (TPSA) is 88.0 Å². The summed E-state index contributed by atoms with van der Waals surface area (Å²) in [5.41, 5.74) is 5.54. The summed E-state index contributed by atoms with van der Waals surface area (Å²) in [5, 5.41) is 13.8. The average molecular weight is 444 g/mol. The molecule has 0 bridgehead atoms. The number of rotatable bonds is 3. The summed E-state index contributed by atoms with van der Waals surface area (Å²) in [5.74, 6) is 0.494. The van der Waals surface area contributed by atoms with Crippen LogP contribution in [0.1, 0.15) is 66.0 Å². The normalized spacial score (nSPS) is 17.2. The molecular formula is C26H29N5O2. The zero-order valence-corrected chi connectivity index (χ0v) is 19.2. The number of nitrogens with one attached hydrogen (secondary N) is 3. The standard InChI is InChI=1S/C26H29N5O2/c1-26(2,3)22-15-23(29-25(33)28-21-11-9-16-6-4-5-7-19(16)21)31(30-22)18-10-8-17-12-13-27-24(32)20(17)14-18/h4-8,10,14-15,21H,9,11-13H2,1-3H3,(H,27,32)(H2,28,29,33). The first-order valence-electron chi connectivity index (χ1n) is 11.5. The zero-order valence-electron chi connectivity index (χ0n) is 19.2. The Labute approximate surface area is 193 Å². The molecule has 0 fully saturated rings. The van der Waals surface area contributed by atoms with Crippen LogP contribution in [0.25, 0.3) is 5.69 Å². The molecule has 0 spiro atoms. The Morgan fingerprint density at radius 1 is 1.09 bits per heavy atom. The van der Waals surface area contributed by atoms with Crippen LogP contribution in [0.15, 0.2) is 48.5 Å². The second-order valence-electron chi connectivity index (χ2n) is 9.81. The number of fused-ring (bicyclic) bond motifs is 2. The Balaban J connectivity index is 1.44. The molecule has 1 aromatic heterocycles. The number of benzene rings is 2. The third-order valence-corrected chi connectivity index (χ3v) is 6.42. The number of hydrogen-bond acceptors (Lipinski definition) is 3. The molecule has 7 nitrogen and oxygen atoms in total. The highest BCUT2D eigenvalue weighted by molar-refractivity contribution is 5.97. The molecule has 1 aliphatic heterocycles. The fourth-order valence-corrected chi connectivity index (χ4v) is 4.58. The van der Waals surface area contributed by atoms with Crippen LogP contribution in [0.4, 0.5) is 10.6 Å². The van der Waals surface area contributed by atoms with Gasteiger partial charge in [-0.3, -0.25) is 10.1 Å². The molecule has 2 aliphatic rings. The second kappa shape index (κ2) is 8.06. The summed E-state index contributed by atoms with van der Waals surface area (Å²) in [6.07, 6.45) is 2.66. The molecule has 170 valence electrons. The summed E-state index contributed by atoms with van der Waals surface area (Å²) in [4.78, 5) is 25.3. The number of carbonyl (C=O) groups is 2. The smallest absolute Gasteiger partial charge is 0.320 e. The van der Waals surface area contributed by atoms with Gasteiger partial charge in [0.1, 0.15) is 5.82 Å². The lowest BCUT2D eigenvalue weighted by atomic mass is 9.92. The lowest BCUT2D eigenvalue weighted by Crippen LogP contribution is -2.32. The lowest BCUT2D eigenvalue weighted by Gasteiger charge is -2.18. The summed E-state index contributed by atoms with van der Waals surface area (Å²) in [7, 11) is 0. The number of carbonyl (C=O) groups excluding carboxylic acids is 2. The van der Waals surface area contributed by atoms with E-state index in [0.717, 1.165) is 36.2 Å². The van der Waals surface area contributed by atoms with Crippen molar-refractivity contribution in [2.24, 2.45) is 0 Å². The maximum absolute atomic E-state index is 13.0. The summed E-state index contributed by atoms with van der Waals surface area (Å²) >= 11 is 0. The SMILES string of the molecule is CC(C)(C)c1cc(NC(=O)NC2CCc3ccccc32)n(-c2ccc3c(c2)C(=O)NCC3)n1. The van der Waals surface area contributed by atoms with Crippen molar-refractivity contribution in [3.63, 3.8) is 0 Å². The Morgan fingerprint density at radius 2 is 1.91 bits per heavy atom. The van der Waals surface area contributed by atoms with Crippen molar-refractivity contribution in [1.29, 1.82) is 0 Å². The van der Waals surface area contributed by atoms with Crippen LogP contribution in [0, 0.1) is 0 Å². The summed E-state index contributed by atoms with van der Waals surface area (Å²) < 4.78 is 1.71. The Hall–Kier alpha value is -3.61. The van der Waals surface area contributed by atoms with Gasteiger partial charge < -0.3 is 10.6 Å². The van der Waals surface area contributed by atoms with E-state index in [1.54, 1.807) is 4.68 Å². The van der Waals surface area contributed by atoms with Gasteiger partial charge in [-0.2, -0.15) is 5.10 Å². The molecule has 2 aromatic carbocycles. The quantitative estimate of drug-likeness (QED) is 0.565. The molecule has 5 rings (SSSR count). The fraction of sp³-hybridized carbons (Fsp3) is 0.346. The van der Waals surface area contributed by atoms with E-state index in [0.29, 0.717) is 17.9 Å². The van der Waals surface area contributed by atoms with Crippen LogP contribution in [-0.2, 0) is 18.3 Å². The van der Waals surface area contributed by atoms with Gasteiger partial charge in [-0.05, 0) is 48.1 Å². The average Bonchev–Trinajstić information content (AvgIpc) is 3.38. The van der Waals surface area contributed by atoms with Gasteiger partial charge in [0.2, 0.25) is 0 Å². The van der Waals surface area contributed by atoms with Gasteiger partial charge in [-0.25, -0.2) is 9.48 Å². The molecular weight excluding hydrogens is 414 g/mol. The highest BCUT2D eigenvalue weighted by atomic mass is 16.2. The van der Waals surface area contributed by atoms with Crippen LogP contribution >= 0.6 is 0 Å². The van der Waals surface area contributed by atoms with E-state index in [1.165, 1.54) is 11.1 Å². The number of urea groups is 1. The largest absolute Gasteiger partial charge is 0.352 e. The maximum Gasteiger partial charge on any atom is 0.320 e. The molecule has 0 radical (unpaired) electrons. The highest BCUT2D eigenvalue weighted by Gasteiger charge is 2.26. The lowest BCUT2D eigenvalue weighted by molar-refractivity contribution is 0.0946. The van der Waals surface area contributed by atoms with Crippen molar-refractivity contribution >= 4 is 17.8 Å². The van der Waals surface area contributed by atoms with Gasteiger partial charge >= 0.3 is 6.03 Å². The van der Waals surface area contributed by atoms with Gasteiger partial charge in [0.05, 0.1) is 17.4 Å². The third-order valence-electron chi connectivity index (χ3n) is 6.42. The molecule has 3 amide bonds. The van der Waals surface area contributed by atoms with E-state index >= 15 is 0 Å². The molecule has 1 atom stereocenters. The molecule has 3 aromatic rings. The molecule has 0 saturated carbocycles. The molecule has 1 aliphatic carbocycles. The van der Waals surface area contributed by atoms with Crippen LogP contribution < -0.4 is 16.0 Å². The zero-order chi connectivity index (χ0) is 23.2. The number of nitrogens with zero attached hydrogens (tertiary/aromatic N) is 2. The first-order chi connectivity index (χ1) is 15.8. The predicted octanol–water partition coefficient (Wildman–Crippen LogP) is 4.26. The molecule has 33 heavy (non-hydrogen) atoms. The van der Waals surface area contributed by atoms with Crippen molar-refractivity contribution in [3.8, 4) is 5.69 Å². The third kappa shape index (κ3) is 4.11. The number of aryl methyl sites for hydroxylation is 1. The minimum absolute atomic E-state index is 0.00732. The Morgan fingerprint density at radius 3 is 2.73 bits per heavy atom. The minimum atomic E-state index is -0.269. The first kappa shape index (κ1) is 21.2. The number of aromatic nitrogens is 2. The van der Waals surface area contributed by atoms with Gasteiger partial charge in [0, 0.05) is 23.6 Å². The van der Waals surface area contributed by atoms with E-state index in [9.17, 15) is 9.59 Å². The minimum Gasteiger partial charge on any atom is -0.352 e. The van der Waals surface area contributed by atoms with Crippen molar-refractivity contribution in [3.05, 3.63) is 76.5 Å². The first-order valence-corrected chi connectivity index (χ1v) is 11.5. The van der Waals surface area contributed by atoms with E-state index in [-0.39, 0.29) is 23.4 Å². The summed E-state index contributed by atoms with van der Waals surface area (Å²) in [6.45, 7) is 6.90. The summed E-state index contributed by atoms with van der Waals surface area (Å²) in [6, 6.07) is 15.6. The highest BCUT2D eigenvalue weighted by Crippen LogP contribution is 2.31. The van der Waals surface area contributed by atoms with Gasteiger partial charge in [0.15, 0.2) is 0 Å². The van der Waals surface area contributed by atoms with Crippen molar-refractivity contribution in [2.75, 3.05) is 11.9 Å². The Bertz CT molecular complexity index is 1240. The number of amides is 3. The van der Waals surface area contributed by atoms with E-state index < -0.39 is 0 Å². The monoisotopic (exact) mass is 443 g/mol. The van der Waals surface area contributed by atoms with Crippen molar-refractivity contribution < 1.29 is 9.59 Å². The predicted molar refractivity (Wildman–Crippen MR) is 128 cm³/mol. The van der Waals surface area contributed by atoms with E-state index in [4.69, 9.17) is 5.10 Å². The van der Waals surface area contributed by atoms with Gasteiger partial charge in [-0.1, -0.05) is 51.1 Å². The van der Waals surface area contributed by atoms with E-state index in [2.05, 4.69) is 48.9 Å². The van der Waals surface area contributed by atoms with Crippen LogP contribution in [0.3, 0.4) is 0 Å². The molecule has 7 heteroatoms. The molecule has 1 unspecified atom stereocenters. The fourth-order valence-electron chi connectivity index (χ4n) is 4.58. The van der Waals surface area contributed by atoms with Crippen LogP contribution in [0.5, 0.6) is 0 Å². The molecule has 2 heterocycles. The number of anilines is 1. The Kier molecular flexibility index (Phi) is 5.19. The van der Waals surface area contributed by atoms with Crippen molar-refractivity contribution in [2.45, 2.75) is 51.5 Å².